The van der Waals surface area contributed by atoms with Crippen molar-refractivity contribution in [3.05, 3.63) is 58.6 Å². The van der Waals surface area contributed by atoms with Crippen molar-refractivity contribution in [2.24, 2.45) is 0 Å². The molecule has 0 unspecified atom stereocenters. The van der Waals surface area contributed by atoms with Gasteiger partial charge in [-0.25, -0.2) is 4.79 Å². The van der Waals surface area contributed by atoms with Crippen LogP contribution in [0.4, 0.5) is 23.7 Å². The van der Waals surface area contributed by atoms with Crippen molar-refractivity contribution in [2.75, 3.05) is 12.4 Å². The first-order valence-corrected chi connectivity index (χ1v) is 7.22. The summed E-state index contributed by atoms with van der Waals surface area (Å²) in [6, 6.07) is 9.05. The number of alkyl halides is 3. The number of ether oxygens (including phenoxy) is 1. The molecule has 2 aromatic rings. The highest BCUT2D eigenvalue weighted by atomic mass is 35.5. The van der Waals surface area contributed by atoms with Crippen molar-refractivity contribution in [1.29, 1.82) is 0 Å². The number of benzene rings is 2. The predicted octanol–water partition coefficient (Wildman–Crippen LogP) is 4.69. The fraction of sp³-hybridized carbons (Fsp3) is 0.188. The van der Waals surface area contributed by atoms with Crippen LogP contribution in [0.25, 0.3) is 0 Å². The Labute approximate surface area is 141 Å². The van der Waals surface area contributed by atoms with Crippen molar-refractivity contribution in [1.82, 2.24) is 5.32 Å². The fourth-order valence-electron chi connectivity index (χ4n) is 1.89. The number of halogens is 4. The Morgan fingerprint density at radius 2 is 1.83 bits per heavy atom. The molecule has 2 rings (SSSR count). The Kier molecular flexibility index (Phi) is 5.56. The molecular weight excluding hydrogens is 345 g/mol. The summed E-state index contributed by atoms with van der Waals surface area (Å²) in [5.74, 6) is 0.680. The van der Waals surface area contributed by atoms with Crippen LogP contribution in [0.3, 0.4) is 0 Å². The van der Waals surface area contributed by atoms with E-state index in [1.165, 1.54) is 0 Å². The highest BCUT2D eigenvalue weighted by molar-refractivity contribution is 6.33. The molecule has 0 saturated heterocycles. The molecule has 4 nitrogen and oxygen atoms in total. The van der Waals surface area contributed by atoms with Gasteiger partial charge >= 0.3 is 12.2 Å². The van der Waals surface area contributed by atoms with Gasteiger partial charge in [-0.15, -0.1) is 0 Å². The third-order valence-electron chi connectivity index (χ3n) is 3.15. The second kappa shape index (κ2) is 7.44. The Balaban J connectivity index is 1.99. The van der Waals surface area contributed by atoms with E-state index in [1.54, 1.807) is 31.4 Å². The minimum Gasteiger partial charge on any atom is -0.497 e. The standard InChI is InChI=1S/C16H14ClF3N2O2/c1-24-12-5-2-10(3-6-12)9-21-15(23)22-14-8-11(16(18,19)20)4-7-13(14)17/h2-8H,9H2,1H3,(H2,21,22,23). The van der Waals surface area contributed by atoms with E-state index in [2.05, 4.69) is 10.6 Å². The number of urea groups is 1. The number of rotatable bonds is 4. The number of amides is 2. The number of anilines is 1. The Bertz CT molecular complexity index is 718. The largest absolute Gasteiger partial charge is 0.497 e. The second-order valence-electron chi connectivity index (χ2n) is 4.85. The molecule has 0 aliphatic heterocycles. The van der Waals surface area contributed by atoms with Crippen LogP contribution in [0.15, 0.2) is 42.5 Å². The van der Waals surface area contributed by atoms with E-state index in [-0.39, 0.29) is 17.3 Å². The molecule has 0 aromatic heterocycles. The third-order valence-corrected chi connectivity index (χ3v) is 3.48. The molecule has 8 heteroatoms. The lowest BCUT2D eigenvalue weighted by atomic mass is 10.2. The normalized spacial score (nSPS) is 11.0. The summed E-state index contributed by atoms with van der Waals surface area (Å²) in [4.78, 5) is 11.8. The highest BCUT2D eigenvalue weighted by Crippen LogP contribution is 2.33. The lowest BCUT2D eigenvalue weighted by Crippen LogP contribution is -2.28. The van der Waals surface area contributed by atoms with Crippen molar-refractivity contribution < 1.29 is 22.7 Å². The maximum absolute atomic E-state index is 12.7. The van der Waals surface area contributed by atoms with E-state index in [0.717, 1.165) is 23.8 Å². The van der Waals surface area contributed by atoms with Gasteiger partial charge in [-0.1, -0.05) is 23.7 Å². The predicted molar refractivity (Wildman–Crippen MR) is 85.3 cm³/mol. The van der Waals surface area contributed by atoms with Crippen LogP contribution in [-0.4, -0.2) is 13.1 Å². The zero-order valence-electron chi connectivity index (χ0n) is 12.6. The smallest absolute Gasteiger partial charge is 0.416 e. The van der Waals surface area contributed by atoms with Crippen molar-refractivity contribution in [3.8, 4) is 5.75 Å². The van der Waals surface area contributed by atoms with Crippen LogP contribution in [0, 0.1) is 0 Å². The first kappa shape index (κ1) is 17.9. The van der Waals surface area contributed by atoms with Crippen LogP contribution in [0.5, 0.6) is 5.75 Å². The molecular formula is C16H14ClF3N2O2. The van der Waals surface area contributed by atoms with Crippen molar-refractivity contribution >= 4 is 23.3 Å². The molecule has 0 atom stereocenters. The quantitative estimate of drug-likeness (QED) is 0.833. The SMILES string of the molecule is COc1ccc(CNC(=O)Nc2cc(C(F)(F)F)ccc2Cl)cc1. The Hall–Kier alpha value is -2.41. The van der Waals surface area contributed by atoms with Gasteiger partial charge in [0.15, 0.2) is 0 Å². The number of hydrogen-bond acceptors (Lipinski definition) is 2. The average Bonchev–Trinajstić information content (AvgIpc) is 2.54. The maximum Gasteiger partial charge on any atom is 0.416 e. The van der Waals surface area contributed by atoms with E-state index in [0.29, 0.717) is 5.75 Å². The topological polar surface area (TPSA) is 50.4 Å². The third kappa shape index (κ3) is 4.79. The lowest BCUT2D eigenvalue weighted by molar-refractivity contribution is -0.137. The van der Waals surface area contributed by atoms with Gasteiger partial charge in [0.25, 0.3) is 0 Å². The fourth-order valence-corrected chi connectivity index (χ4v) is 2.05. The minimum absolute atomic E-state index is 0.0163. The van der Waals surface area contributed by atoms with Crippen LogP contribution >= 0.6 is 11.6 Å². The van der Waals surface area contributed by atoms with Gasteiger partial charge < -0.3 is 15.4 Å². The van der Waals surface area contributed by atoms with Gasteiger partial charge in [-0.05, 0) is 35.9 Å². The van der Waals surface area contributed by atoms with Crippen molar-refractivity contribution in [3.63, 3.8) is 0 Å². The molecule has 128 valence electrons. The van der Waals surface area contributed by atoms with Crippen molar-refractivity contribution in [2.45, 2.75) is 12.7 Å². The molecule has 2 amide bonds. The number of hydrogen-bond donors (Lipinski definition) is 2. The Morgan fingerprint density at radius 3 is 2.42 bits per heavy atom. The molecule has 2 N–H and O–H groups in total. The number of methoxy groups -OCH3 is 1. The molecule has 24 heavy (non-hydrogen) atoms. The maximum atomic E-state index is 12.7. The summed E-state index contributed by atoms with van der Waals surface area (Å²) in [6.07, 6.45) is -4.51. The number of nitrogens with one attached hydrogen (secondary N) is 2. The van der Waals surface area contributed by atoms with E-state index in [4.69, 9.17) is 16.3 Å². The summed E-state index contributed by atoms with van der Waals surface area (Å²) in [5, 5.41) is 4.86. The first-order valence-electron chi connectivity index (χ1n) is 6.84. The van der Waals surface area contributed by atoms with Gasteiger partial charge in [-0.3, -0.25) is 0 Å². The van der Waals surface area contributed by atoms with Crippen LogP contribution in [0.1, 0.15) is 11.1 Å². The van der Waals surface area contributed by atoms with Crippen LogP contribution in [0.2, 0.25) is 5.02 Å². The number of carbonyl (C=O) groups is 1. The molecule has 0 aliphatic carbocycles. The molecule has 0 saturated carbocycles. The van der Waals surface area contributed by atoms with Gasteiger partial charge in [0, 0.05) is 6.54 Å². The summed E-state index contributed by atoms with van der Waals surface area (Å²) in [7, 11) is 1.54. The summed E-state index contributed by atoms with van der Waals surface area (Å²) >= 11 is 5.82. The van der Waals surface area contributed by atoms with Gasteiger partial charge in [0.2, 0.25) is 0 Å². The summed E-state index contributed by atoms with van der Waals surface area (Å²) in [6.45, 7) is 0.201. The Morgan fingerprint density at radius 1 is 1.17 bits per heavy atom. The summed E-state index contributed by atoms with van der Waals surface area (Å²) in [5.41, 5.74) is -0.197. The lowest BCUT2D eigenvalue weighted by Gasteiger charge is -2.12. The van der Waals surface area contributed by atoms with Crippen LogP contribution in [-0.2, 0) is 12.7 Å². The van der Waals surface area contributed by atoms with E-state index in [1.807, 2.05) is 0 Å². The zero-order chi connectivity index (χ0) is 17.7. The van der Waals surface area contributed by atoms with Gasteiger partial charge in [-0.2, -0.15) is 13.2 Å². The van der Waals surface area contributed by atoms with E-state index in [9.17, 15) is 18.0 Å². The summed E-state index contributed by atoms with van der Waals surface area (Å²) < 4.78 is 43.1. The molecule has 0 spiro atoms. The first-order chi connectivity index (χ1) is 11.3. The van der Waals surface area contributed by atoms with Gasteiger partial charge in [0.05, 0.1) is 23.4 Å². The molecule has 2 aromatic carbocycles. The molecule has 0 radical (unpaired) electrons. The number of carbonyl (C=O) groups excluding carboxylic acids is 1. The molecule has 0 fully saturated rings. The molecule has 0 heterocycles. The van der Waals surface area contributed by atoms with Gasteiger partial charge in [0.1, 0.15) is 5.75 Å². The second-order valence-corrected chi connectivity index (χ2v) is 5.26. The average molecular weight is 359 g/mol. The highest BCUT2D eigenvalue weighted by Gasteiger charge is 2.31. The van der Waals surface area contributed by atoms with E-state index >= 15 is 0 Å². The van der Waals surface area contributed by atoms with E-state index < -0.39 is 17.8 Å². The molecule has 0 aliphatic rings. The monoisotopic (exact) mass is 358 g/mol. The molecule has 0 bridgehead atoms. The zero-order valence-corrected chi connectivity index (χ0v) is 13.3. The minimum atomic E-state index is -4.51. The van der Waals surface area contributed by atoms with Crippen LogP contribution < -0.4 is 15.4 Å².